The number of aromatic hydroxyl groups is 2. The Balaban J connectivity index is 0.000000204. The van der Waals surface area contributed by atoms with Gasteiger partial charge in [0.2, 0.25) is 0 Å². The molecule has 2 rings (SSSR count). The highest BCUT2D eigenvalue weighted by molar-refractivity contribution is 5.89. The Kier molecular flexibility index (Phi) is 5.90. The number of hydrogen-bond donors (Lipinski definition) is 2. The van der Waals surface area contributed by atoms with Crippen LogP contribution in [-0.4, -0.2) is 30.4 Å². The normalized spacial score (nSPS) is 9.10. The Morgan fingerprint density at radius 1 is 0.950 bits per heavy atom. The van der Waals surface area contributed by atoms with Gasteiger partial charge in [0.05, 0.1) is 19.8 Å². The van der Waals surface area contributed by atoms with Gasteiger partial charge in [-0.15, -0.1) is 0 Å². The summed E-state index contributed by atoms with van der Waals surface area (Å²) in [6.07, 6.45) is 0. The molecule has 0 saturated carbocycles. The molecule has 0 unspecified atom stereocenters. The number of phenols is 2. The lowest BCUT2D eigenvalue weighted by Crippen LogP contribution is -1.99. The second kappa shape index (κ2) is 7.68. The predicted molar refractivity (Wildman–Crippen MR) is 74.1 cm³/mol. The number of esters is 1. The molecule has 0 amide bonds. The smallest absolute Gasteiger partial charge is 0.337 e. The van der Waals surface area contributed by atoms with Crippen molar-refractivity contribution < 1.29 is 24.5 Å². The molecule has 0 aliphatic carbocycles. The van der Waals surface area contributed by atoms with Gasteiger partial charge in [-0.25, -0.2) is 4.79 Å². The van der Waals surface area contributed by atoms with Gasteiger partial charge in [0.1, 0.15) is 5.75 Å². The van der Waals surface area contributed by atoms with E-state index < -0.39 is 5.97 Å². The van der Waals surface area contributed by atoms with Crippen molar-refractivity contribution >= 4 is 5.97 Å². The number of hydrogen-bond acceptors (Lipinski definition) is 5. The summed E-state index contributed by atoms with van der Waals surface area (Å²) in [5.74, 6) is 0.431. The van der Waals surface area contributed by atoms with Crippen LogP contribution in [-0.2, 0) is 4.74 Å². The number of phenolic OH excluding ortho intramolecular Hbond substituents is 2. The van der Waals surface area contributed by atoms with E-state index >= 15 is 0 Å². The number of para-hydroxylation sites is 2. The quantitative estimate of drug-likeness (QED) is 0.824. The van der Waals surface area contributed by atoms with Crippen molar-refractivity contribution in [2.75, 3.05) is 14.2 Å². The zero-order valence-corrected chi connectivity index (χ0v) is 11.2. The van der Waals surface area contributed by atoms with Crippen LogP contribution >= 0.6 is 0 Å². The molecule has 0 heterocycles. The van der Waals surface area contributed by atoms with E-state index in [1.165, 1.54) is 38.5 Å². The highest BCUT2D eigenvalue weighted by atomic mass is 16.5. The van der Waals surface area contributed by atoms with Crippen molar-refractivity contribution in [2.24, 2.45) is 0 Å². The largest absolute Gasteiger partial charge is 0.508 e. The van der Waals surface area contributed by atoms with Gasteiger partial charge in [0.25, 0.3) is 0 Å². The van der Waals surface area contributed by atoms with Crippen molar-refractivity contribution in [3.63, 3.8) is 0 Å². The minimum atomic E-state index is -0.398. The third-order valence-electron chi connectivity index (χ3n) is 2.37. The molecule has 0 radical (unpaired) electrons. The zero-order valence-electron chi connectivity index (χ0n) is 11.2. The SMILES string of the molecule is COC(=O)c1ccc(O)cc1.COc1ccccc1O. The molecule has 2 aromatic carbocycles. The van der Waals surface area contributed by atoms with Gasteiger partial charge in [-0.1, -0.05) is 12.1 Å². The van der Waals surface area contributed by atoms with Gasteiger partial charge in [0, 0.05) is 0 Å². The molecular weight excluding hydrogens is 260 g/mol. The Morgan fingerprint density at radius 3 is 2.00 bits per heavy atom. The van der Waals surface area contributed by atoms with Crippen molar-refractivity contribution in [1.29, 1.82) is 0 Å². The average molecular weight is 276 g/mol. The van der Waals surface area contributed by atoms with E-state index in [-0.39, 0.29) is 11.5 Å². The van der Waals surface area contributed by atoms with Crippen LogP contribution in [0.1, 0.15) is 10.4 Å². The number of ether oxygens (including phenoxy) is 2. The van der Waals surface area contributed by atoms with E-state index in [4.69, 9.17) is 14.9 Å². The van der Waals surface area contributed by atoms with E-state index in [9.17, 15) is 4.79 Å². The lowest BCUT2D eigenvalue weighted by Gasteiger charge is -1.99. The summed E-state index contributed by atoms with van der Waals surface area (Å²) in [5, 5.41) is 17.8. The van der Waals surface area contributed by atoms with Crippen LogP contribution in [0.4, 0.5) is 0 Å². The van der Waals surface area contributed by atoms with Crippen LogP contribution in [0.25, 0.3) is 0 Å². The molecule has 0 atom stereocenters. The molecule has 0 aliphatic heterocycles. The minimum Gasteiger partial charge on any atom is -0.508 e. The van der Waals surface area contributed by atoms with Crippen molar-refractivity contribution in [1.82, 2.24) is 0 Å². The molecule has 5 nitrogen and oxygen atoms in total. The van der Waals surface area contributed by atoms with Gasteiger partial charge in [-0.2, -0.15) is 0 Å². The molecule has 2 N–H and O–H groups in total. The third kappa shape index (κ3) is 4.53. The fourth-order valence-electron chi connectivity index (χ4n) is 1.35. The van der Waals surface area contributed by atoms with E-state index in [0.29, 0.717) is 11.3 Å². The van der Waals surface area contributed by atoms with E-state index in [0.717, 1.165) is 0 Å². The minimum absolute atomic E-state index is 0.137. The van der Waals surface area contributed by atoms with Gasteiger partial charge >= 0.3 is 5.97 Å². The topological polar surface area (TPSA) is 76.0 Å². The number of benzene rings is 2. The molecule has 0 bridgehead atoms. The summed E-state index contributed by atoms with van der Waals surface area (Å²) in [6.45, 7) is 0. The lowest BCUT2D eigenvalue weighted by atomic mass is 10.2. The fraction of sp³-hybridized carbons (Fsp3) is 0.133. The predicted octanol–water partition coefficient (Wildman–Crippen LogP) is 2.58. The maximum absolute atomic E-state index is 10.8. The summed E-state index contributed by atoms with van der Waals surface area (Å²) < 4.78 is 9.25. The Bertz CT molecular complexity index is 548. The van der Waals surface area contributed by atoms with Gasteiger partial charge in [-0.3, -0.25) is 0 Å². The molecule has 20 heavy (non-hydrogen) atoms. The van der Waals surface area contributed by atoms with Crippen molar-refractivity contribution in [3.8, 4) is 17.2 Å². The maximum Gasteiger partial charge on any atom is 0.337 e. The van der Waals surface area contributed by atoms with Crippen LogP contribution in [0.3, 0.4) is 0 Å². The zero-order chi connectivity index (χ0) is 15.0. The molecule has 0 aromatic heterocycles. The van der Waals surface area contributed by atoms with Gasteiger partial charge in [-0.05, 0) is 36.4 Å². The Morgan fingerprint density at radius 2 is 1.55 bits per heavy atom. The number of carbonyl (C=O) groups excluding carboxylic acids is 1. The molecule has 2 aromatic rings. The van der Waals surface area contributed by atoms with Crippen LogP contribution in [0, 0.1) is 0 Å². The first kappa shape index (κ1) is 15.4. The van der Waals surface area contributed by atoms with Crippen LogP contribution in [0.15, 0.2) is 48.5 Å². The highest BCUT2D eigenvalue weighted by Crippen LogP contribution is 2.23. The Hall–Kier alpha value is -2.69. The van der Waals surface area contributed by atoms with Crippen LogP contribution < -0.4 is 4.74 Å². The highest BCUT2D eigenvalue weighted by Gasteiger charge is 2.02. The molecule has 0 fully saturated rings. The molecule has 5 heteroatoms. The first-order chi connectivity index (χ1) is 9.58. The molecule has 106 valence electrons. The Labute approximate surface area is 117 Å². The molecule has 0 aliphatic rings. The monoisotopic (exact) mass is 276 g/mol. The standard InChI is InChI=1S/C8H8O3.C7H8O2/c1-11-8(10)6-2-4-7(9)5-3-6;1-9-7-5-3-2-4-6(7)8/h2-5,9H,1H3;2-5,8H,1H3. The van der Waals surface area contributed by atoms with Crippen LogP contribution in [0.5, 0.6) is 17.2 Å². The summed E-state index contributed by atoms with van der Waals surface area (Å²) in [5.41, 5.74) is 0.435. The van der Waals surface area contributed by atoms with E-state index in [1.54, 1.807) is 24.3 Å². The average Bonchev–Trinajstić information content (AvgIpc) is 2.48. The first-order valence-corrected chi connectivity index (χ1v) is 5.77. The fourth-order valence-corrected chi connectivity index (χ4v) is 1.35. The van der Waals surface area contributed by atoms with Crippen LogP contribution in [0.2, 0.25) is 0 Å². The number of rotatable bonds is 2. The second-order valence-electron chi connectivity index (χ2n) is 3.71. The van der Waals surface area contributed by atoms with Crippen molar-refractivity contribution in [2.45, 2.75) is 0 Å². The molecule has 0 saturated heterocycles. The van der Waals surface area contributed by atoms with E-state index in [2.05, 4.69) is 4.74 Å². The summed E-state index contributed by atoms with van der Waals surface area (Å²) in [7, 11) is 2.84. The number of methoxy groups -OCH3 is 2. The lowest BCUT2D eigenvalue weighted by molar-refractivity contribution is 0.0600. The van der Waals surface area contributed by atoms with E-state index in [1.807, 2.05) is 0 Å². The first-order valence-electron chi connectivity index (χ1n) is 5.77. The molecular formula is C15H16O5. The van der Waals surface area contributed by atoms with Gasteiger partial charge < -0.3 is 19.7 Å². The van der Waals surface area contributed by atoms with Gasteiger partial charge in [0.15, 0.2) is 11.5 Å². The summed E-state index contributed by atoms with van der Waals surface area (Å²) in [4.78, 5) is 10.8. The second-order valence-corrected chi connectivity index (χ2v) is 3.71. The maximum atomic E-state index is 10.8. The number of carbonyl (C=O) groups is 1. The summed E-state index contributed by atoms with van der Waals surface area (Å²) >= 11 is 0. The third-order valence-corrected chi connectivity index (χ3v) is 2.37. The molecule has 0 spiro atoms. The van der Waals surface area contributed by atoms with Crippen molar-refractivity contribution in [3.05, 3.63) is 54.1 Å². The summed E-state index contributed by atoms with van der Waals surface area (Å²) in [6, 6.07) is 12.7.